The molecule has 3 aliphatic heterocycles. The summed E-state index contributed by atoms with van der Waals surface area (Å²) in [5, 5.41) is 22.2. The number of likely N-dealkylation sites (tertiary alicyclic amines) is 1. The molecule has 38 heavy (non-hydrogen) atoms. The lowest BCUT2D eigenvalue weighted by Gasteiger charge is -2.44. The van der Waals surface area contributed by atoms with Crippen LogP contribution in [0.3, 0.4) is 0 Å². The molecule has 3 aliphatic rings. The van der Waals surface area contributed by atoms with Crippen LogP contribution in [0, 0.1) is 0 Å². The van der Waals surface area contributed by atoms with Gasteiger partial charge in [-0.1, -0.05) is 24.3 Å². The van der Waals surface area contributed by atoms with E-state index in [1.165, 1.54) is 0 Å². The summed E-state index contributed by atoms with van der Waals surface area (Å²) in [6.07, 6.45) is 0.595. The Kier molecular flexibility index (Phi) is 6.33. The molecule has 0 spiro atoms. The number of hydrogen-bond acceptors (Lipinski definition) is 7. The third-order valence-corrected chi connectivity index (χ3v) is 8.61. The fraction of sp³-hybridized carbons (Fsp3) is 0.276. The number of phenols is 2. The summed E-state index contributed by atoms with van der Waals surface area (Å²) in [7, 11) is 0. The first kappa shape index (κ1) is 24.5. The highest BCUT2D eigenvalue weighted by Gasteiger charge is 2.39. The molecule has 3 N–H and O–H groups in total. The van der Waals surface area contributed by atoms with Crippen LogP contribution in [0.1, 0.15) is 45.9 Å². The number of amides is 3. The molecule has 9 heteroatoms. The van der Waals surface area contributed by atoms with Gasteiger partial charge < -0.3 is 15.1 Å². The number of carbonyl (C=O) groups excluding carboxylic acids is 3. The van der Waals surface area contributed by atoms with E-state index >= 15 is 0 Å². The van der Waals surface area contributed by atoms with E-state index in [0.29, 0.717) is 23.8 Å². The zero-order chi connectivity index (χ0) is 26.4. The minimum Gasteiger partial charge on any atom is -0.508 e. The monoisotopic (exact) mass is 529 g/mol. The Morgan fingerprint density at radius 2 is 1.50 bits per heavy atom. The summed E-state index contributed by atoms with van der Waals surface area (Å²) in [4.78, 5) is 41.8. The lowest BCUT2D eigenvalue weighted by molar-refractivity contribution is -0.136. The van der Waals surface area contributed by atoms with Crippen LogP contribution in [0.5, 0.6) is 11.5 Å². The van der Waals surface area contributed by atoms with Gasteiger partial charge in [-0.15, -0.1) is 11.8 Å². The average Bonchev–Trinajstić information content (AvgIpc) is 3.20. The normalized spacial score (nSPS) is 20.0. The first-order valence-electron chi connectivity index (χ1n) is 12.6. The summed E-state index contributed by atoms with van der Waals surface area (Å²) < 4.78 is 0. The van der Waals surface area contributed by atoms with Crippen LogP contribution in [-0.4, -0.2) is 62.1 Å². The van der Waals surface area contributed by atoms with Crippen molar-refractivity contribution in [2.45, 2.75) is 41.6 Å². The number of imide groups is 1. The minimum atomic E-state index is -0.611. The van der Waals surface area contributed by atoms with Gasteiger partial charge in [0.05, 0.1) is 6.04 Å². The highest BCUT2D eigenvalue weighted by molar-refractivity contribution is 8.00. The number of fused-ring (bicyclic) bond motifs is 1. The van der Waals surface area contributed by atoms with E-state index in [-0.39, 0.29) is 35.8 Å². The summed E-state index contributed by atoms with van der Waals surface area (Å²) in [5.41, 5.74) is 3.67. The van der Waals surface area contributed by atoms with Gasteiger partial charge in [0.15, 0.2) is 0 Å². The third-order valence-electron chi connectivity index (χ3n) is 7.46. The molecule has 194 valence electrons. The maximum absolute atomic E-state index is 13.0. The van der Waals surface area contributed by atoms with Gasteiger partial charge in [0, 0.05) is 41.8 Å². The molecule has 1 unspecified atom stereocenters. The second-order valence-electron chi connectivity index (χ2n) is 10.00. The smallest absolute Gasteiger partial charge is 0.255 e. The Balaban J connectivity index is 1.13. The van der Waals surface area contributed by atoms with Crippen LogP contribution in [0.15, 0.2) is 71.6 Å². The Labute approximate surface area is 224 Å². The van der Waals surface area contributed by atoms with E-state index in [1.807, 2.05) is 42.5 Å². The largest absolute Gasteiger partial charge is 0.508 e. The Morgan fingerprint density at radius 3 is 2.11 bits per heavy atom. The van der Waals surface area contributed by atoms with Crippen molar-refractivity contribution in [3.8, 4) is 11.5 Å². The van der Waals surface area contributed by atoms with E-state index in [2.05, 4.69) is 10.2 Å². The van der Waals surface area contributed by atoms with Crippen LogP contribution in [0.4, 0.5) is 0 Å². The van der Waals surface area contributed by atoms with Crippen molar-refractivity contribution < 1.29 is 24.6 Å². The lowest BCUT2D eigenvalue weighted by Crippen LogP contribution is -2.52. The first-order chi connectivity index (χ1) is 18.4. The molecule has 3 heterocycles. The van der Waals surface area contributed by atoms with Gasteiger partial charge in [0.2, 0.25) is 11.8 Å². The molecule has 0 bridgehead atoms. The fourth-order valence-electron chi connectivity index (χ4n) is 5.50. The number of aromatic hydroxyl groups is 2. The Morgan fingerprint density at radius 1 is 0.868 bits per heavy atom. The number of thioether (sulfide) groups is 1. The first-order valence-corrected chi connectivity index (χ1v) is 13.5. The molecule has 0 saturated carbocycles. The van der Waals surface area contributed by atoms with Gasteiger partial charge in [-0.3, -0.25) is 24.6 Å². The molecule has 0 aliphatic carbocycles. The van der Waals surface area contributed by atoms with Crippen molar-refractivity contribution in [2.24, 2.45) is 0 Å². The van der Waals surface area contributed by atoms with Gasteiger partial charge >= 0.3 is 0 Å². The summed E-state index contributed by atoms with van der Waals surface area (Å²) in [6, 6.07) is 19.7. The SMILES string of the molecule is O=C1CCC(N2Cc3cc(SC4CN(C(c5ccc(O)cc5)c5ccc(O)cc5)C4)ccc3C2=O)C(=O)N1. The number of phenolic OH excluding ortho intramolecular Hbond substituents is 2. The van der Waals surface area contributed by atoms with Crippen LogP contribution < -0.4 is 5.32 Å². The summed E-state index contributed by atoms with van der Waals surface area (Å²) in [6.45, 7) is 2.08. The highest BCUT2D eigenvalue weighted by Crippen LogP contribution is 2.40. The number of piperidine rings is 1. The zero-order valence-corrected chi connectivity index (χ0v) is 21.4. The summed E-state index contributed by atoms with van der Waals surface area (Å²) in [5.74, 6) is -0.403. The van der Waals surface area contributed by atoms with Crippen molar-refractivity contribution in [2.75, 3.05) is 13.1 Å². The van der Waals surface area contributed by atoms with Crippen molar-refractivity contribution in [3.63, 3.8) is 0 Å². The molecule has 0 radical (unpaired) electrons. The number of hydrogen-bond donors (Lipinski definition) is 3. The van der Waals surface area contributed by atoms with Gasteiger partial charge in [0.25, 0.3) is 5.91 Å². The minimum absolute atomic E-state index is 0.00720. The van der Waals surface area contributed by atoms with E-state index in [1.54, 1.807) is 40.9 Å². The molecule has 0 aromatic heterocycles. The molecular weight excluding hydrogens is 502 g/mol. The van der Waals surface area contributed by atoms with Crippen LogP contribution >= 0.6 is 11.8 Å². The van der Waals surface area contributed by atoms with E-state index in [9.17, 15) is 24.6 Å². The van der Waals surface area contributed by atoms with E-state index in [0.717, 1.165) is 34.7 Å². The second kappa shape index (κ2) is 9.81. The fourth-order valence-corrected chi connectivity index (χ4v) is 6.77. The predicted molar refractivity (Wildman–Crippen MR) is 142 cm³/mol. The van der Waals surface area contributed by atoms with Gasteiger partial charge in [0.1, 0.15) is 17.5 Å². The topological polar surface area (TPSA) is 110 Å². The molecule has 3 aromatic rings. The zero-order valence-electron chi connectivity index (χ0n) is 20.5. The standard InChI is InChI=1S/C29H27N3O5S/c33-20-5-1-17(2-6-20)27(18-3-7-21(34)8-4-18)31-15-23(16-31)38-22-9-10-24-19(13-22)14-32(29(24)37)25-11-12-26(35)30-28(25)36/h1-10,13,23,25,27,33-34H,11-12,14-16H2,(H,30,35,36). The van der Waals surface area contributed by atoms with Gasteiger partial charge in [-0.05, 0) is 65.6 Å². The molecule has 2 saturated heterocycles. The maximum Gasteiger partial charge on any atom is 0.255 e. The second-order valence-corrected chi connectivity index (χ2v) is 11.4. The number of nitrogens with zero attached hydrogens (tertiary/aromatic N) is 2. The lowest BCUT2D eigenvalue weighted by atomic mass is 9.94. The predicted octanol–water partition coefficient (Wildman–Crippen LogP) is 3.42. The quantitative estimate of drug-likeness (QED) is 0.420. The number of benzene rings is 3. The highest BCUT2D eigenvalue weighted by atomic mass is 32.2. The molecule has 3 amide bonds. The van der Waals surface area contributed by atoms with E-state index < -0.39 is 11.9 Å². The molecule has 8 nitrogen and oxygen atoms in total. The van der Waals surface area contributed by atoms with Crippen molar-refractivity contribution in [1.29, 1.82) is 0 Å². The van der Waals surface area contributed by atoms with Crippen molar-refractivity contribution in [1.82, 2.24) is 15.1 Å². The van der Waals surface area contributed by atoms with E-state index in [4.69, 9.17) is 0 Å². The van der Waals surface area contributed by atoms with Crippen LogP contribution in [0.2, 0.25) is 0 Å². The van der Waals surface area contributed by atoms with Crippen LogP contribution in [0.25, 0.3) is 0 Å². The van der Waals surface area contributed by atoms with Gasteiger partial charge in [-0.2, -0.15) is 0 Å². The molecular formula is C29H27N3O5S. The maximum atomic E-state index is 13.0. The number of nitrogens with one attached hydrogen (secondary N) is 1. The van der Waals surface area contributed by atoms with Crippen molar-refractivity contribution >= 4 is 29.5 Å². The molecule has 1 atom stereocenters. The number of carbonyl (C=O) groups is 3. The molecule has 2 fully saturated rings. The Bertz CT molecular complexity index is 1360. The van der Waals surface area contributed by atoms with Crippen molar-refractivity contribution in [3.05, 3.63) is 89.0 Å². The van der Waals surface area contributed by atoms with Crippen LogP contribution in [-0.2, 0) is 16.1 Å². The third kappa shape index (κ3) is 4.63. The Hall–Kier alpha value is -3.82. The summed E-state index contributed by atoms with van der Waals surface area (Å²) >= 11 is 1.78. The van der Waals surface area contributed by atoms with Gasteiger partial charge in [-0.25, -0.2) is 0 Å². The average molecular weight is 530 g/mol. The molecule has 3 aromatic carbocycles. The molecule has 6 rings (SSSR count). The number of rotatable bonds is 6.